The van der Waals surface area contributed by atoms with E-state index in [-0.39, 0.29) is 10.8 Å². The van der Waals surface area contributed by atoms with Gasteiger partial charge in [-0.3, -0.25) is 4.98 Å². The number of aryl methyl sites for hydroxylation is 3. The zero-order valence-corrected chi connectivity index (χ0v) is 18.0. The SMILES string of the molecule is Cc1cc(Nc2ncccn2)cc(C2CCCN(S(=O)(=O)c3c(C)noc3C)C2)n1. The van der Waals surface area contributed by atoms with Crippen molar-refractivity contribution in [3.63, 3.8) is 0 Å². The van der Waals surface area contributed by atoms with Gasteiger partial charge in [-0.1, -0.05) is 5.16 Å². The van der Waals surface area contributed by atoms with Crippen LogP contribution in [-0.2, 0) is 10.0 Å². The van der Waals surface area contributed by atoms with Crippen LogP contribution in [0.15, 0.2) is 40.0 Å². The number of hydrogen-bond acceptors (Lipinski definition) is 8. The summed E-state index contributed by atoms with van der Waals surface area (Å²) in [4.78, 5) is 13.2. The zero-order chi connectivity index (χ0) is 21.3. The minimum absolute atomic E-state index is 0.00820. The van der Waals surface area contributed by atoms with Gasteiger partial charge in [0.1, 0.15) is 10.6 Å². The summed E-state index contributed by atoms with van der Waals surface area (Å²) in [5.41, 5.74) is 2.91. The number of nitrogens with one attached hydrogen (secondary N) is 1. The van der Waals surface area contributed by atoms with Gasteiger partial charge in [0.05, 0.1) is 0 Å². The van der Waals surface area contributed by atoms with Gasteiger partial charge in [-0.25, -0.2) is 18.4 Å². The molecule has 1 atom stereocenters. The van der Waals surface area contributed by atoms with Gasteiger partial charge >= 0.3 is 0 Å². The van der Waals surface area contributed by atoms with E-state index in [2.05, 4.69) is 25.4 Å². The van der Waals surface area contributed by atoms with E-state index in [1.165, 1.54) is 4.31 Å². The average Bonchev–Trinajstić information content (AvgIpc) is 3.07. The fourth-order valence-corrected chi connectivity index (χ4v) is 5.66. The highest BCUT2D eigenvalue weighted by Crippen LogP contribution is 2.32. The molecule has 0 spiro atoms. The molecule has 0 aromatic carbocycles. The molecule has 0 radical (unpaired) electrons. The predicted octanol–water partition coefficient (Wildman–Crippen LogP) is 3.10. The van der Waals surface area contributed by atoms with Gasteiger partial charge in [0.15, 0.2) is 5.76 Å². The molecular formula is C20H24N6O3S. The van der Waals surface area contributed by atoms with Gasteiger partial charge in [0.25, 0.3) is 0 Å². The summed E-state index contributed by atoms with van der Waals surface area (Å²) in [5, 5.41) is 6.99. The number of aromatic nitrogens is 4. The highest BCUT2D eigenvalue weighted by Gasteiger charge is 2.35. The van der Waals surface area contributed by atoms with Crippen LogP contribution in [0.4, 0.5) is 11.6 Å². The normalized spacial score (nSPS) is 17.8. The first kappa shape index (κ1) is 20.4. The summed E-state index contributed by atoms with van der Waals surface area (Å²) in [6, 6.07) is 5.62. The maximum Gasteiger partial charge on any atom is 0.248 e. The quantitative estimate of drug-likeness (QED) is 0.659. The number of hydrogen-bond donors (Lipinski definition) is 1. The fraction of sp³-hybridized carbons (Fsp3) is 0.400. The van der Waals surface area contributed by atoms with Crippen molar-refractivity contribution in [1.29, 1.82) is 0 Å². The highest BCUT2D eigenvalue weighted by atomic mass is 32.2. The molecule has 1 unspecified atom stereocenters. The van der Waals surface area contributed by atoms with Crippen LogP contribution in [0.2, 0.25) is 0 Å². The third-order valence-electron chi connectivity index (χ3n) is 5.16. The van der Waals surface area contributed by atoms with Crippen molar-refractivity contribution in [3.05, 3.63) is 53.4 Å². The molecule has 1 aliphatic rings. The standard InChI is InChI=1S/C20H24N6O3S/c1-13-10-17(24-20-21-7-5-8-22-20)11-18(23-13)16-6-4-9-26(12-16)30(27,28)19-14(2)25-29-15(19)3/h5,7-8,10-11,16H,4,6,9,12H2,1-3H3,(H,21,22,23,24). The van der Waals surface area contributed by atoms with Crippen LogP contribution in [0.1, 0.15) is 41.6 Å². The Morgan fingerprint density at radius 2 is 1.93 bits per heavy atom. The van der Waals surface area contributed by atoms with Crippen LogP contribution in [0.5, 0.6) is 0 Å². The van der Waals surface area contributed by atoms with Crippen molar-refractivity contribution in [1.82, 2.24) is 24.4 Å². The van der Waals surface area contributed by atoms with E-state index < -0.39 is 10.0 Å². The summed E-state index contributed by atoms with van der Waals surface area (Å²) in [5.74, 6) is 0.809. The second-order valence-electron chi connectivity index (χ2n) is 7.47. The second kappa shape index (κ2) is 8.11. The minimum Gasteiger partial charge on any atom is -0.360 e. The maximum atomic E-state index is 13.2. The molecule has 1 aliphatic heterocycles. The average molecular weight is 429 g/mol. The highest BCUT2D eigenvalue weighted by molar-refractivity contribution is 7.89. The van der Waals surface area contributed by atoms with Gasteiger partial charge in [0.2, 0.25) is 16.0 Å². The Labute approximate surface area is 175 Å². The van der Waals surface area contributed by atoms with Gasteiger partial charge < -0.3 is 9.84 Å². The first-order valence-electron chi connectivity index (χ1n) is 9.80. The molecule has 1 saturated heterocycles. The molecule has 158 valence electrons. The molecule has 0 saturated carbocycles. The van der Waals surface area contributed by atoms with Crippen LogP contribution in [-0.4, -0.2) is 45.9 Å². The van der Waals surface area contributed by atoms with Crippen LogP contribution in [0.25, 0.3) is 0 Å². The van der Waals surface area contributed by atoms with Crippen molar-refractivity contribution >= 4 is 21.7 Å². The second-order valence-corrected chi connectivity index (χ2v) is 9.35. The van der Waals surface area contributed by atoms with E-state index in [1.807, 2.05) is 19.1 Å². The molecule has 1 fully saturated rings. The van der Waals surface area contributed by atoms with Crippen molar-refractivity contribution < 1.29 is 12.9 Å². The largest absolute Gasteiger partial charge is 0.360 e. The molecular weight excluding hydrogens is 404 g/mol. The molecule has 0 aliphatic carbocycles. The van der Waals surface area contributed by atoms with Crippen LogP contribution in [0.3, 0.4) is 0 Å². The van der Waals surface area contributed by atoms with Crippen molar-refractivity contribution in [3.8, 4) is 0 Å². The number of nitrogens with zero attached hydrogens (tertiary/aromatic N) is 5. The van der Waals surface area contributed by atoms with Gasteiger partial charge in [-0.05, 0) is 51.8 Å². The summed E-state index contributed by atoms with van der Waals surface area (Å²) in [7, 11) is -3.68. The van der Waals surface area contributed by atoms with E-state index in [1.54, 1.807) is 32.3 Å². The zero-order valence-electron chi connectivity index (χ0n) is 17.2. The lowest BCUT2D eigenvalue weighted by atomic mass is 9.95. The first-order valence-corrected chi connectivity index (χ1v) is 11.2. The monoisotopic (exact) mass is 428 g/mol. The molecule has 3 aromatic heterocycles. The molecule has 10 heteroatoms. The number of piperidine rings is 1. The predicted molar refractivity (Wildman–Crippen MR) is 111 cm³/mol. The first-order chi connectivity index (χ1) is 14.3. The summed E-state index contributed by atoms with van der Waals surface area (Å²) >= 11 is 0. The van der Waals surface area contributed by atoms with Gasteiger partial charge in [-0.2, -0.15) is 4.31 Å². The summed E-state index contributed by atoms with van der Waals surface area (Å²) in [6.45, 7) is 6.03. The van der Waals surface area contributed by atoms with E-state index >= 15 is 0 Å². The summed E-state index contributed by atoms with van der Waals surface area (Å²) < 4.78 is 33.0. The molecule has 1 N–H and O–H groups in total. The van der Waals surface area contributed by atoms with Crippen molar-refractivity contribution in [2.24, 2.45) is 0 Å². The molecule has 4 rings (SSSR count). The molecule has 0 amide bonds. The number of rotatable bonds is 5. The van der Waals surface area contributed by atoms with E-state index in [9.17, 15) is 8.42 Å². The lowest BCUT2D eigenvalue weighted by Gasteiger charge is -2.31. The van der Waals surface area contributed by atoms with E-state index in [4.69, 9.17) is 4.52 Å². The molecule has 9 nitrogen and oxygen atoms in total. The Balaban J connectivity index is 1.59. The maximum absolute atomic E-state index is 13.2. The lowest BCUT2D eigenvalue weighted by Crippen LogP contribution is -2.39. The number of sulfonamides is 1. The Kier molecular flexibility index (Phi) is 5.52. The Hall–Kier alpha value is -2.85. The van der Waals surface area contributed by atoms with Crippen LogP contribution >= 0.6 is 0 Å². The topological polar surface area (TPSA) is 114 Å². The molecule has 3 aromatic rings. The Morgan fingerprint density at radius 1 is 1.17 bits per heavy atom. The smallest absolute Gasteiger partial charge is 0.248 e. The van der Waals surface area contributed by atoms with E-state index in [0.29, 0.717) is 30.5 Å². The van der Waals surface area contributed by atoms with Crippen molar-refractivity contribution in [2.45, 2.75) is 44.4 Å². The minimum atomic E-state index is -3.68. The lowest BCUT2D eigenvalue weighted by molar-refractivity contribution is 0.312. The van der Waals surface area contributed by atoms with E-state index in [0.717, 1.165) is 29.9 Å². The number of pyridine rings is 1. The van der Waals surface area contributed by atoms with Crippen LogP contribution in [0, 0.1) is 20.8 Å². The third-order valence-corrected chi connectivity index (χ3v) is 7.27. The third kappa shape index (κ3) is 4.05. The summed E-state index contributed by atoms with van der Waals surface area (Å²) in [6.07, 6.45) is 4.96. The number of anilines is 2. The molecule has 30 heavy (non-hydrogen) atoms. The Morgan fingerprint density at radius 3 is 2.63 bits per heavy atom. The Bertz CT molecular complexity index is 1130. The fourth-order valence-electron chi connectivity index (χ4n) is 3.84. The van der Waals surface area contributed by atoms with Crippen molar-refractivity contribution in [2.75, 3.05) is 18.4 Å². The van der Waals surface area contributed by atoms with Crippen LogP contribution < -0.4 is 5.32 Å². The molecule has 4 heterocycles. The van der Waals surface area contributed by atoms with Gasteiger partial charge in [0, 0.05) is 48.5 Å². The molecule has 0 bridgehead atoms. The van der Waals surface area contributed by atoms with Gasteiger partial charge in [-0.15, -0.1) is 0 Å².